The van der Waals surface area contributed by atoms with Crippen LogP contribution in [0.1, 0.15) is 29.5 Å². The van der Waals surface area contributed by atoms with Crippen molar-refractivity contribution < 1.29 is 9.84 Å². The number of aryl methyl sites for hydroxylation is 1. The highest BCUT2D eigenvalue weighted by atomic mass is 16.5. The molecule has 0 radical (unpaired) electrons. The number of hydrogen-bond donors (Lipinski definition) is 1. The lowest BCUT2D eigenvalue weighted by molar-refractivity contribution is 0.148. The van der Waals surface area contributed by atoms with E-state index in [-0.39, 0.29) is 5.92 Å². The Balaban J connectivity index is 1.81. The largest absolute Gasteiger partial charge is 0.508 e. The Morgan fingerprint density at radius 2 is 1.90 bits per heavy atom. The number of hydrogen-bond acceptors (Lipinski definition) is 2. The van der Waals surface area contributed by atoms with Crippen molar-refractivity contribution in [2.24, 2.45) is 0 Å². The number of benzene rings is 2. The first kappa shape index (κ1) is 15.3. The van der Waals surface area contributed by atoms with Crippen LogP contribution in [-0.4, -0.2) is 11.7 Å². The number of rotatable bonds is 6. The van der Waals surface area contributed by atoms with Gasteiger partial charge in [-0.3, -0.25) is 0 Å². The minimum absolute atomic E-state index is 0.172. The summed E-state index contributed by atoms with van der Waals surface area (Å²) in [6, 6.07) is 15.9. The van der Waals surface area contributed by atoms with Crippen LogP contribution in [0.25, 0.3) is 0 Å². The molecule has 2 aromatic carbocycles. The molecule has 0 amide bonds. The predicted octanol–water partition coefficient (Wildman–Crippen LogP) is 4.58. The first-order chi connectivity index (χ1) is 10.2. The van der Waals surface area contributed by atoms with E-state index in [4.69, 9.17) is 4.74 Å². The summed E-state index contributed by atoms with van der Waals surface area (Å²) in [5.74, 6) is 0.531. The zero-order valence-electron chi connectivity index (χ0n) is 12.6. The van der Waals surface area contributed by atoms with Gasteiger partial charge in [-0.1, -0.05) is 61.5 Å². The topological polar surface area (TPSA) is 29.5 Å². The van der Waals surface area contributed by atoms with Crippen LogP contribution in [-0.2, 0) is 11.3 Å². The van der Waals surface area contributed by atoms with Gasteiger partial charge in [-0.25, -0.2) is 0 Å². The van der Waals surface area contributed by atoms with E-state index in [9.17, 15) is 5.11 Å². The molecule has 2 nitrogen and oxygen atoms in total. The normalized spacial score (nSPS) is 12.7. The highest BCUT2D eigenvalue weighted by Crippen LogP contribution is 2.27. The minimum Gasteiger partial charge on any atom is -0.508 e. The number of ether oxygens (including phenoxy) is 1. The van der Waals surface area contributed by atoms with Gasteiger partial charge in [-0.05, 0) is 24.1 Å². The van der Waals surface area contributed by atoms with E-state index in [0.29, 0.717) is 19.0 Å². The van der Waals surface area contributed by atoms with E-state index in [1.807, 2.05) is 43.3 Å². The Morgan fingerprint density at radius 3 is 2.62 bits per heavy atom. The molecule has 0 heterocycles. The van der Waals surface area contributed by atoms with Gasteiger partial charge in [0.1, 0.15) is 5.75 Å². The molecule has 2 aromatic rings. The van der Waals surface area contributed by atoms with E-state index in [1.165, 1.54) is 5.56 Å². The van der Waals surface area contributed by atoms with E-state index < -0.39 is 0 Å². The molecule has 2 rings (SSSR count). The van der Waals surface area contributed by atoms with Crippen LogP contribution in [0.15, 0.2) is 60.7 Å². The molecular weight excluding hydrogens is 260 g/mol. The van der Waals surface area contributed by atoms with Gasteiger partial charge >= 0.3 is 0 Å². The van der Waals surface area contributed by atoms with Crippen molar-refractivity contribution in [2.75, 3.05) is 6.61 Å². The predicted molar refractivity (Wildman–Crippen MR) is 86.5 cm³/mol. The maximum atomic E-state index is 9.95. The summed E-state index contributed by atoms with van der Waals surface area (Å²) in [7, 11) is 0. The van der Waals surface area contributed by atoms with E-state index >= 15 is 0 Å². The van der Waals surface area contributed by atoms with E-state index in [1.54, 1.807) is 6.07 Å². The molecule has 0 unspecified atom stereocenters. The van der Waals surface area contributed by atoms with Gasteiger partial charge in [0.05, 0.1) is 13.2 Å². The molecule has 0 aliphatic heterocycles. The van der Waals surface area contributed by atoms with Crippen molar-refractivity contribution in [3.63, 3.8) is 0 Å². The number of phenolic OH excluding ortho intramolecular Hbond substituents is 1. The second-order valence-electron chi connectivity index (χ2n) is 5.28. The molecule has 21 heavy (non-hydrogen) atoms. The van der Waals surface area contributed by atoms with Crippen molar-refractivity contribution in [1.82, 2.24) is 0 Å². The molecule has 0 aromatic heterocycles. The van der Waals surface area contributed by atoms with Gasteiger partial charge in [0.15, 0.2) is 0 Å². The molecule has 0 aliphatic rings. The molecule has 110 valence electrons. The summed E-state index contributed by atoms with van der Waals surface area (Å²) < 4.78 is 5.61. The Hall–Kier alpha value is -2.06. The van der Waals surface area contributed by atoms with Crippen LogP contribution < -0.4 is 0 Å². The number of phenols is 1. The lowest BCUT2D eigenvalue weighted by atomic mass is 9.98. The van der Waals surface area contributed by atoms with Gasteiger partial charge in [-0.2, -0.15) is 0 Å². The van der Waals surface area contributed by atoms with Crippen LogP contribution in [0.2, 0.25) is 0 Å². The van der Waals surface area contributed by atoms with Gasteiger partial charge < -0.3 is 9.84 Å². The third-order valence-corrected chi connectivity index (χ3v) is 3.43. The Kier molecular flexibility index (Phi) is 5.59. The van der Waals surface area contributed by atoms with E-state index in [2.05, 4.69) is 25.1 Å². The van der Waals surface area contributed by atoms with Crippen molar-refractivity contribution >= 4 is 0 Å². The van der Waals surface area contributed by atoms with Crippen molar-refractivity contribution in [1.29, 1.82) is 0 Å². The molecule has 1 atom stereocenters. The molecule has 0 aliphatic carbocycles. The van der Waals surface area contributed by atoms with Crippen LogP contribution >= 0.6 is 0 Å². The lowest BCUT2D eigenvalue weighted by Gasteiger charge is -2.10. The third-order valence-electron chi connectivity index (χ3n) is 3.43. The summed E-state index contributed by atoms with van der Waals surface area (Å²) in [6.45, 7) is 5.24. The molecule has 0 fully saturated rings. The van der Waals surface area contributed by atoms with E-state index in [0.717, 1.165) is 11.1 Å². The first-order valence-electron chi connectivity index (χ1n) is 7.24. The average Bonchev–Trinajstić information content (AvgIpc) is 2.47. The van der Waals surface area contributed by atoms with Gasteiger partial charge in [0.2, 0.25) is 0 Å². The highest BCUT2D eigenvalue weighted by molar-refractivity contribution is 5.39. The second kappa shape index (κ2) is 7.65. The zero-order valence-corrected chi connectivity index (χ0v) is 12.6. The van der Waals surface area contributed by atoms with Gasteiger partial charge in [-0.15, -0.1) is 0 Å². The Labute approximate surface area is 126 Å². The average molecular weight is 282 g/mol. The molecular formula is C19H22O2. The standard InChI is InChI=1S/C19H22O2/c1-15-10-11-18(19(20)13-15)16(2)7-6-12-21-14-17-8-4-3-5-9-17/h3-11,13,16,20H,12,14H2,1-2H3/b7-6+/t16-/m0/s1. The van der Waals surface area contributed by atoms with Crippen LogP contribution in [0, 0.1) is 6.92 Å². The van der Waals surface area contributed by atoms with Crippen molar-refractivity contribution in [3.05, 3.63) is 77.4 Å². The smallest absolute Gasteiger partial charge is 0.119 e. The van der Waals surface area contributed by atoms with Crippen molar-refractivity contribution in [2.45, 2.75) is 26.4 Å². The summed E-state index contributed by atoms with van der Waals surface area (Å²) in [5.41, 5.74) is 3.19. The number of allylic oxidation sites excluding steroid dienone is 1. The third kappa shape index (κ3) is 4.76. The fraction of sp³-hybridized carbons (Fsp3) is 0.263. The maximum Gasteiger partial charge on any atom is 0.119 e. The lowest BCUT2D eigenvalue weighted by Crippen LogP contribution is -1.94. The highest BCUT2D eigenvalue weighted by Gasteiger charge is 2.06. The molecule has 2 heteroatoms. The fourth-order valence-corrected chi connectivity index (χ4v) is 2.22. The second-order valence-corrected chi connectivity index (χ2v) is 5.28. The Bertz CT molecular complexity index is 588. The maximum absolute atomic E-state index is 9.95. The summed E-state index contributed by atoms with van der Waals surface area (Å²) in [4.78, 5) is 0. The monoisotopic (exact) mass is 282 g/mol. The molecule has 0 bridgehead atoms. The zero-order chi connectivity index (χ0) is 15.1. The summed E-state index contributed by atoms with van der Waals surface area (Å²) in [5, 5.41) is 9.95. The summed E-state index contributed by atoms with van der Waals surface area (Å²) in [6.07, 6.45) is 4.07. The molecule has 1 N–H and O–H groups in total. The molecule has 0 saturated carbocycles. The SMILES string of the molecule is Cc1ccc([C@@H](C)/C=C/COCc2ccccc2)c(O)c1. The van der Waals surface area contributed by atoms with Gasteiger partial charge in [0, 0.05) is 11.5 Å². The van der Waals surface area contributed by atoms with Crippen LogP contribution in [0.3, 0.4) is 0 Å². The Morgan fingerprint density at radius 1 is 1.14 bits per heavy atom. The molecule has 0 spiro atoms. The fourth-order valence-electron chi connectivity index (χ4n) is 2.22. The first-order valence-corrected chi connectivity index (χ1v) is 7.24. The number of aromatic hydroxyl groups is 1. The minimum atomic E-state index is 0.172. The van der Waals surface area contributed by atoms with Crippen molar-refractivity contribution in [3.8, 4) is 5.75 Å². The quantitative estimate of drug-likeness (QED) is 0.621. The summed E-state index contributed by atoms with van der Waals surface area (Å²) >= 11 is 0. The van der Waals surface area contributed by atoms with Crippen LogP contribution in [0.5, 0.6) is 5.75 Å². The van der Waals surface area contributed by atoms with Gasteiger partial charge in [0.25, 0.3) is 0 Å². The van der Waals surface area contributed by atoms with Crippen LogP contribution in [0.4, 0.5) is 0 Å². The molecule has 0 saturated heterocycles.